The van der Waals surface area contributed by atoms with Crippen LogP contribution in [0.15, 0.2) is 77.4 Å². The summed E-state index contributed by atoms with van der Waals surface area (Å²) in [6, 6.07) is 17.0. The lowest BCUT2D eigenvalue weighted by molar-refractivity contribution is -0.141. The predicted octanol–water partition coefficient (Wildman–Crippen LogP) is 3.98. The molecule has 8 heteroatoms. The van der Waals surface area contributed by atoms with Crippen molar-refractivity contribution < 1.29 is 23.2 Å². The Morgan fingerprint density at radius 1 is 0.971 bits per heavy atom. The molecule has 35 heavy (non-hydrogen) atoms. The molecule has 1 saturated carbocycles. The van der Waals surface area contributed by atoms with Gasteiger partial charge in [0.2, 0.25) is 11.8 Å². The maximum Gasteiger partial charge on any atom is 0.287 e. The van der Waals surface area contributed by atoms with E-state index in [1.54, 1.807) is 12.1 Å². The van der Waals surface area contributed by atoms with Gasteiger partial charge < -0.3 is 20.0 Å². The number of hydrogen-bond acceptors (Lipinski definition) is 4. The standard InChI is InChI=1S/C27H28FN3O4/c28-22-14-7-6-13-21(22)25(27(34)30-20-11-4-5-12-20)31(18-19-9-2-1-3-10-19)24(32)17-29-26(33)23-15-8-16-35-23/h1-3,6-10,13-16,20,25H,4-5,11-12,17-18H2,(H,29,33)(H,30,34)/t25-/m0/s1. The minimum atomic E-state index is -1.20. The summed E-state index contributed by atoms with van der Waals surface area (Å²) in [5, 5.41) is 5.55. The molecule has 1 heterocycles. The summed E-state index contributed by atoms with van der Waals surface area (Å²) in [5.41, 5.74) is 0.873. The van der Waals surface area contributed by atoms with Crippen molar-refractivity contribution >= 4 is 17.7 Å². The Balaban J connectivity index is 1.64. The zero-order chi connectivity index (χ0) is 24.6. The summed E-state index contributed by atoms with van der Waals surface area (Å²) >= 11 is 0. The topological polar surface area (TPSA) is 91.7 Å². The number of hydrogen-bond donors (Lipinski definition) is 2. The van der Waals surface area contributed by atoms with E-state index in [9.17, 15) is 18.8 Å². The molecule has 0 saturated heterocycles. The van der Waals surface area contributed by atoms with E-state index in [0.29, 0.717) is 0 Å². The zero-order valence-corrected chi connectivity index (χ0v) is 19.3. The first-order valence-corrected chi connectivity index (χ1v) is 11.7. The molecule has 0 aliphatic heterocycles. The number of carbonyl (C=O) groups excluding carboxylic acids is 3. The Labute approximate surface area is 203 Å². The Hall–Kier alpha value is -3.94. The molecule has 1 aliphatic carbocycles. The first-order valence-electron chi connectivity index (χ1n) is 11.7. The maximum absolute atomic E-state index is 15.0. The average molecular weight is 478 g/mol. The fourth-order valence-corrected chi connectivity index (χ4v) is 4.35. The summed E-state index contributed by atoms with van der Waals surface area (Å²) in [6.07, 6.45) is 5.09. The second kappa shape index (κ2) is 11.5. The lowest BCUT2D eigenvalue weighted by atomic mass is 10.0. The van der Waals surface area contributed by atoms with Gasteiger partial charge in [-0.05, 0) is 36.6 Å². The Morgan fingerprint density at radius 3 is 2.37 bits per heavy atom. The molecule has 1 atom stereocenters. The first kappa shape index (κ1) is 24.2. The van der Waals surface area contributed by atoms with Gasteiger partial charge in [-0.1, -0.05) is 61.4 Å². The van der Waals surface area contributed by atoms with Crippen LogP contribution < -0.4 is 10.6 Å². The number of rotatable bonds is 9. The van der Waals surface area contributed by atoms with E-state index in [-0.39, 0.29) is 30.5 Å². The molecule has 0 bridgehead atoms. The molecular weight excluding hydrogens is 449 g/mol. The van der Waals surface area contributed by atoms with E-state index in [4.69, 9.17) is 4.42 Å². The number of benzene rings is 2. The Bertz CT molecular complexity index is 1140. The van der Waals surface area contributed by atoms with Crippen molar-refractivity contribution in [1.29, 1.82) is 0 Å². The predicted molar refractivity (Wildman–Crippen MR) is 128 cm³/mol. The molecule has 1 aromatic heterocycles. The van der Waals surface area contributed by atoms with E-state index in [0.717, 1.165) is 31.2 Å². The Morgan fingerprint density at radius 2 is 1.69 bits per heavy atom. The molecular formula is C27H28FN3O4. The van der Waals surface area contributed by atoms with Gasteiger partial charge >= 0.3 is 0 Å². The van der Waals surface area contributed by atoms with Gasteiger partial charge in [-0.3, -0.25) is 14.4 Å². The molecule has 0 spiro atoms. The van der Waals surface area contributed by atoms with Crippen LogP contribution in [-0.2, 0) is 16.1 Å². The molecule has 1 aliphatic rings. The van der Waals surface area contributed by atoms with Crippen LogP contribution in [-0.4, -0.2) is 35.2 Å². The van der Waals surface area contributed by atoms with Crippen LogP contribution >= 0.6 is 0 Å². The highest BCUT2D eigenvalue weighted by molar-refractivity contribution is 5.95. The average Bonchev–Trinajstić information content (AvgIpc) is 3.58. The van der Waals surface area contributed by atoms with Gasteiger partial charge in [0.1, 0.15) is 11.9 Å². The van der Waals surface area contributed by atoms with Crippen molar-refractivity contribution in [2.45, 2.75) is 44.3 Å². The van der Waals surface area contributed by atoms with Gasteiger partial charge in [0.25, 0.3) is 5.91 Å². The highest BCUT2D eigenvalue weighted by Gasteiger charge is 2.35. The number of nitrogens with one attached hydrogen (secondary N) is 2. The third-order valence-electron chi connectivity index (χ3n) is 6.12. The van der Waals surface area contributed by atoms with Crippen molar-refractivity contribution in [2.24, 2.45) is 0 Å². The number of nitrogens with zero attached hydrogens (tertiary/aromatic N) is 1. The van der Waals surface area contributed by atoms with Crippen molar-refractivity contribution in [3.8, 4) is 0 Å². The fraction of sp³-hybridized carbons (Fsp3) is 0.296. The molecule has 0 radical (unpaired) electrons. The number of furan rings is 1. The second-order valence-electron chi connectivity index (χ2n) is 8.58. The van der Waals surface area contributed by atoms with Crippen LogP contribution in [0.4, 0.5) is 4.39 Å². The van der Waals surface area contributed by atoms with Gasteiger partial charge in [0, 0.05) is 18.2 Å². The van der Waals surface area contributed by atoms with Crippen LogP contribution in [0.2, 0.25) is 0 Å². The summed E-state index contributed by atoms with van der Waals surface area (Å²) in [6.45, 7) is -0.318. The molecule has 2 aromatic carbocycles. The van der Waals surface area contributed by atoms with Gasteiger partial charge in [0.05, 0.1) is 12.8 Å². The molecule has 182 valence electrons. The highest BCUT2D eigenvalue weighted by atomic mass is 19.1. The quantitative estimate of drug-likeness (QED) is 0.488. The summed E-state index contributed by atoms with van der Waals surface area (Å²) in [5.74, 6) is -2.03. The normalized spacial score (nSPS) is 14.3. The number of amides is 3. The van der Waals surface area contributed by atoms with Crippen LogP contribution in [0.3, 0.4) is 0 Å². The molecule has 1 fully saturated rings. The monoisotopic (exact) mass is 477 g/mol. The van der Waals surface area contributed by atoms with E-state index in [2.05, 4.69) is 10.6 Å². The first-order chi connectivity index (χ1) is 17.0. The molecule has 2 N–H and O–H groups in total. The minimum absolute atomic E-state index is 0.0101. The van der Waals surface area contributed by atoms with Gasteiger partial charge in [0.15, 0.2) is 5.76 Å². The largest absolute Gasteiger partial charge is 0.459 e. The summed E-state index contributed by atoms with van der Waals surface area (Å²) < 4.78 is 20.1. The molecule has 3 aromatic rings. The van der Waals surface area contributed by atoms with Crippen LogP contribution in [0.1, 0.15) is 53.4 Å². The van der Waals surface area contributed by atoms with Crippen molar-refractivity contribution in [1.82, 2.24) is 15.5 Å². The van der Waals surface area contributed by atoms with E-state index in [1.165, 1.54) is 35.4 Å². The number of carbonyl (C=O) groups is 3. The SMILES string of the molecule is O=C(NCC(=O)N(Cc1ccccc1)[C@H](C(=O)NC1CCCC1)c1ccccc1F)c1ccco1. The van der Waals surface area contributed by atoms with Crippen LogP contribution in [0.25, 0.3) is 0 Å². The van der Waals surface area contributed by atoms with Crippen molar-refractivity contribution in [3.63, 3.8) is 0 Å². The van der Waals surface area contributed by atoms with Crippen molar-refractivity contribution in [2.75, 3.05) is 6.54 Å². The summed E-state index contributed by atoms with van der Waals surface area (Å²) in [7, 11) is 0. The maximum atomic E-state index is 15.0. The highest BCUT2D eigenvalue weighted by Crippen LogP contribution is 2.27. The third-order valence-corrected chi connectivity index (χ3v) is 6.12. The minimum Gasteiger partial charge on any atom is -0.459 e. The van der Waals surface area contributed by atoms with E-state index < -0.39 is 29.6 Å². The fourth-order valence-electron chi connectivity index (χ4n) is 4.35. The molecule has 4 rings (SSSR count). The molecule has 0 unspecified atom stereocenters. The molecule has 3 amide bonds. The van der Waals surface area contributed by atoms with E-state index in [1.807, 2.05) is 30.3 Å². The van der Waals surface area contributed by atoms with Gasteiger partial charge in [-0.2, -0.15) is 0 Å². The summed E-state index contributed by atoms with van der Waals surface area (Å²) in [4.78, 5) is 40.7. The zero-order valence-electron chi connectivity index (χ0n) is 19.3. The lowest BCUT2D eigenvalue weighted by Crippen LogP contribution is -2.48. The number of halogens is 1. The lowest BCUT2D eigenvalue weighted by Gasteiger charge is -2.32. The van der Waals surface area contributed by atoms with Crippen LogP contribution in [0.5, 0.6) is 0 Å². The molecule has 7 nitrogen and oxygen atoms in total. The van der Waals surface area contributed by atoms with Gasteiger partial charge in [-0.25, -0.2) is 4.39 Å². The second-order valence-corrected chi connectivity index (χ2v) is 8.58. The van der Waals surface area contributed by atoms with Crippen molar-refractivity contribution in [3.05, 3.63) is 95.7 Å². The smallest absolute Gasteiger partial charge is 0.287 e. The van der Waals surface area contributed by atoms with E-state index >= 15 is 0 Å². The third kappa shape index (κ3) is 6.15. The van der Waals surface area contributed by atoms with Gasteiger partial charge in [-0.15, -0.1) is 0 Å². The Kier molecular flexibility index (Phi) is 7.92. The van der Waals surface area contributed by atoms with Crippen LogP contribution in [0, 0.1) is 5.82 Å².